The molecule has 1 aliphatic carbocycles. The summed E-state index contributed by atoms with van der Waals surface area (Å²) in [6.45, 7) is 3.72. The van der Waals surface area contributed by atoms with Crippen LogP contribution in [0.3, 0.4) is 0 Å². The summed E-state index contributed by atoms with van der Waals surface area (Å²) in [6.07, 6.45) is 5.41. The predicted molar refractivity (Wildman–Crippen MR) is 79.6 cm³/mol. The van der Waals surface area contributed by atoms with Gasteiger partial charge >= 0.3 is 5.97 Å². The van der Waals surface area contributed by atoms with Crippen LogP contribution < -0.4 is 5.32 Å². The number of nitrogens with one attached hydrogen (secondary N) is 1. The smallest absolute Gasteiger partial charge is 0.311 e. The van der Waals surface area contributed by atoms with E-state index in [0.29, 0.717) is 6.42 Å². The van der Waals surface area contributed by atoms with E-state index in [0.717, 1.165) is 17.7 Å². The molecular formula is C15H19NO3S. The van der Waals surface area contributed by atoms with Crippen LogP contribution in [0.25, 0.3) is 6.08 Å². The molecule has 0 saturated heterocycles. The van der Waals surface area contributed by atoms with Crippen LogP contribution in [0.5, 0.6) is 0 Å². The summed E-state index contributed by atoms with van der Waals surface area (Å²) in [7, 11) is 0. The molecule has 1 fully saturated rings. The highest BCUT2D eigenvalue weighted by Crippen LogP contribution is 2.38. The Morgan fingerprint density at radius 1 is 1.50 bits per heavy atom. The summed E-state index contributed by atoms with van der Waals surface area (Å²) in [5.74, 6) is -1.06. The zero-order valence-corrected chi connectivity index (χ0v) is 12.5. The number of rotatable bonds is 4. The fourth-order valence-corrected chi connectivity index (χ4v) is 3.35. The Morgan fingerprint density at radius 2 is 2.25 bits per heavy atom. The van der Waals surface area contributed by atoms with E-state index in [9.17, 15) is 14.7 Å². The van der Waals surface area contributed by atoms with Crippen molar-refractivity contribution in [2.24, 2.45) is 5.41 Å². The molecule has 1 aromatic rings. The number of carbonyl (C=O) groups is 2. The first-order chi connectivity index (χ1) is 9.41. The topological polar surface area (TPSA) is 66.4 Å². The fourth-order valence-electron chi connectivity index (χ4n) is 2.57. The van der Waals surface area contributed by atoms with Gasteiger partial charge in [-0.15, -0.1) is 11.3 Å². The molecule has 2 unspecified atom stereocenters. The summed E-state index contributed by atoms with van der Waals surface area (Å²) >= 11 is 1.62. The van der Waals surface area contributed by atoms with Crippen molar-refractivity contribution in [3.63, 3.8) is 0 Å². The Hall–Kier alpha value is -1.62. The summed E-state index contributed by atoms with van der Waals surface area (Å²) in [5, 5.41) is 12.1. The minimum absolute atomic E-state index is 0.226. The molecule has 0 bridgehead atoms. The van der Waals surface area contributed by atoms with Gasteiger partial charge in [-0.05, 0) is 44.9 Å². The summed E-state index contributed by atoms with van der Waals surface area (Å²) in [5.41, 5.74) is -0.844. The molecule has 1 amide bonds. The molecule has 2 rings (SSSR count). The van der Waals surface area contributed by atoms with Gasteiger partial charge in [0.1, 0.15) is 0 Å². The monoisotopic (exact) mass is 293 g/mol. The number of thiophene rings is 1. The first-order valence-corrected chi connectivity index (χ1v) is 7.52. The zero-order chi connectivity index (χ0) is 14.8. The highest BCUT2D eigenvalue weighted by atomic mass is 32.1. The second kappa shape index (κ2) is 5.79. The van der Waals surface area contributed by atoms with Gasteiger partial charge in [-0.1, -0.05) is 6.42 Å². The van der Waals surface area contributed by atoms with Crippen molar-refractivity contribution in [3.8, 4) is 0 Å². The third-order valence-corrected chi connectivity index (χ3v) is 4.89. The van der Waals surface area contributed by atoms with Crippen LogP contribution in [0.4, 0.5) is 0 Å². The molecule has 1 aromatic heterocycles. The van der Waals surface area contributed by atoms with Crippen molar-refractivity contribution in [2.45, 2.75) is 39.2 Å². The molecule has 5 heteroatoms. The Morgan fingerprint density at radius 3 is 2.85 bits per heavy atom. The lowest BCUT2D eigenvalue weighted by atomic mass is 9.85. The van der Waals surface area contributed by atoms with Crippen LogP contribution in [0.2, 0.25) is 0 Å². The standard InChI is InChI=1S/C15H19NO3S/c1-10-5-6-11(20-10)7-8-13(17)16-12-4-3-9-15(12,2)14(18)19/h5-8,12H,3-4,9H2,1-2H3,(H,16,17)(H,18,19)/b8-7+. The quantitative estimate of drug-likeness (QED) is 0.839. The van der Waals surface area contributed by atoms with E-state index in [-0.39, 0.29) is 11.9 Å². The maximum absolute atomic E-state index is 11.9. The molecule has 1 aliphatic rings. The Bertz CT molecular complexity index is 549. The molecule has 0 aliphatic heterocycles. The zero-order valence-electron chi connectivity index (χ0n) is 11.7. The first-order valence-electron chi connectivity index (χ1n) is 6.70. The van der Waals surface area contributed by atoms with Gasteiger partial charge in [0, 0.05) is 21.9 Å². The average molecular weight is 293 g/mol. The van der Waals surface area contributed by atoms with E-state index in [1.165, 1.54) is 11.0 Å². The van der Waals surface area contributed by atoms with E-state index in [2.05, 4.69) is 5.32 Å². The highest BCUT2D eigenvalue weighted by molar-refractivity contribution is 7.12. The summed E-state index contributed by atoms with van der Waals surface area (Å²) in [4.78, 5) is 25.4. The number of hydrogen-bond donors (Lipinski definition) is 2. The van der Waals surface area contributed by atoms with Gasteiger partial charge in [-0.2, -0.15) is 0 Å². The lowest BCUT2D eigenvalue weighted by Gasteiger charge is -2.27. The van der Waals surface area contributed by atoms with Crippen molar-refractivity contribution in [1.29, 1.82) is 0 Å². The number of carboxylic acids is 1. The van der Waals surface area contributed by atoms with Crippen molar-refractivity contribution in [1.82, 2.24) is 5.32 Å². The van der Waals surface area contributed by atoms with Gasteiger partial charge in [0.05, 0.1) is 5.41 Å². The van der Waals surface area contributed by atoms with Gasteiger partial charge in [-0.3, -0.25) is 9.59 Å². The first kappa shape index (κ1) is 14.8. The molecule has 2 N–H and O–H groups in total. The Kier molecular flexibility index (Phi) is 4.28. The van der Waals surface area contributed by atoms with E-state index in [4.69, 9.17) is 0 Å². The third kappa shape index (κ3) is 3.10. The number of hydrogen-bond acceptors (Lipinski definition) is 3. The van der Waals surface area contributed by atoms with Crippen LogP contribution in [0.15, 0.2) is 18.2 Å². The van der Waals surface area contributed by atoms with Crippen molar-refractivity contribution < 1.29 is 14.7 Å². The predicted octanol–water partition coefficient (Wildman–Crippen LogP) is 2.83. The normalized spacial score (nSPS) is 26.0. The second-order valence-corrected chi connectivity index (χ2v) is 6.78. The highest BCUT2D eigenvalue weighted by Gasteiger charge is 2.45. The van der Waals surface area contributed by atoms with Gasteiger partial charge < -0.3 is 10.4 Å². The van der Waals surface area contributed by atoms with Crippen molar-refractivity contribution >= 4 is 29.3 Å². The van der Waals surface area contributed by atoms with Crippen LogP contribution in [0.1, 0.15) is 35.9 Å². The van der Waals surface area contributed by atoms with Gasteiger partial charge in [0.15, 0.2) is 0 Å². The molecule has 20 heavy (non-hydrogen) atoms. The van der Waals surface area contributed by atoms with Crippen molar-refractivity contribution in [3.05, 3.63) is 28.0 Å². The molecule has 108 valence electrons. The van der Waals surface area contributed by atoms with Gasteiger partial charge in [-0.25, -0.2) is 0 Å². The van der Waals surface area contributed by atoms with Crippen LogP contribution in [-0.2, 0) is 9.59 Å². The number of carbonyl (C=O) groups excluding carboxylic acids is 1. The second-order valence-electron chi connectivity index (χ2n) is 5.46. The van der Waals surface area contributed by atoms with E-state index in [1.54, 1.807) is 24.3 Å². The maximum Gasteiger partial charge on any atom is 0.311 e. The molecule has 1 saturated carbocycles. The lowest BCUT2D eigenvalue weighted by molar-refractivity contribution is -0.148. The Balaban J connectivity index is 1.98. The third-order valence-electron chi connectivity index (χ3n) is 3.92. The number of aryl methyl sites for hydroxylation is 1. The summed E-state index contributed by atoms with van der Waals surface area (Å²) < 4.78 is 0. The van der Waals surface area contributed by atoms with Crippen LogP contribution in [0, 0.1) is 12.3 Å². The SMILES string of the molecule is Cc1ccc(/C=C/C(=O)NC2CCCC2(C)C(=O)O)s1. The minimum Gasteiger partial charge on any atom is -0.481 e. The molecule has 0 aromatic carbocycles. The largest absolute Gasteiger partial charge is 0.481 e. The minimum atomic E-state index is -0.844. The molecular weight excluding hydrogens is 274 g/mol. The molecule has 1 heterocycles. The van der Waals surface area contributed by atoms with E-state index < -0.39 is 11.4 Å². The number of amides is 1. The van der Waals surface area contributed by atoms with Crippen LogP contribution >= 0.6 is 11.3 Å². The van der Waals surface area contributed by atoms with Crippen LogP contribution in [-0.4, -0.2) is 23.0 Å². The van der Waals surface area contributed by atoms with E-state index >= 15 is 0 Å². The fraction of sp³-hybridized carbons (Fsp3) is 0.467. The summed E-state index contributed by atoms with van der Waals surface area (Å²) in [6, 6.07) is 3.67. The van der Waals surface area contributed by atoms with Crippen molar-refractivity contribution in [2.75, 3.05) is 0 Å². The number of carboxylic acid groups (broad SMARTS) is 1. The number of aliphatic carboxylic acids is 1. The average Bonchev–Trinajstić information content (AvgIpc) is 2.95. The lowest BCUT2D eigenvalue weighted by Crippen LogP contribution is -2.46. The molecule has 2 atom stereocenters. The van der Waals surface area contributed by atoms with E-state index in [1.807, 2.05) is 19.1 Å². The van der Waals surface area contributed by atoms with Gasteiger partial charge in [0.2, 0.25) is 5.91 Å². The van der Waals surface area contributed by atoms with Gasteiger partial charge in [0.25, 0.3) is 0 Å². The molecule has 4 nitrogen and oxygen atoms in total. The maximum atomic E-state index is 11.9. The molecule has 0 spiro atoms. The molecule has 0 radical (unpaired) electrons. The Labute approximate surface area is 122 Å².